The maximum Gasteiger partial charge on any atom is 0.140 e. The molecule has 0 aromatic carbocycles. The van der Waals surface area contributed by atoms with Crippen molar-refractivity contribution >= 4 is 27.4 Å². The summed E-state index contributed by atoms with van der Waals surface area (Å²) in [7, 11) is 0. The molecule has 2 N–H and O–H groups in total. The monoisotopic (exact) mass is 278 g/mol. The molecule has 104 valence electrons. The van der Waals surface area contributed by atoms with E-state index in [1.807, 2.05) is 0 Å². The van der Waals surface area contributed by atoms with Crippen molar-refractivity contribution in [1.82, 2.24) is 9.97 Å². The van der Waals surface area contributed by atoms with Gasteiger partial charge in [0.2, 0.25) is 0 Å². The Balaban J connectivity index is 2.42. The van der Waals surface area contributed by atoms with Gasteiger partial charge < -0.3 is 10.6 Å². The Morgan fingerprint density at radius 2 is 2.16 bits per heavy atom. The van der Waals surface area contributed by atoms with Crippen molar-refractivity contribution in [3.8, 4) is 0 Å². The van der Waals surface area contributed by atoms with E-state index in [2.05, 4.69) is 41.7 Å². The molecule has 0 aliphatic rings. The van der Waals surface area contributed by atoms with Crippen molar-refractivity contribution in [3.05, 3.63) is 17.3 Å². The summed E-state index contributed by atoms with van der Waals surface area (Å²) in [6.45, 7) is 9.05. The van der Waals surface area contributed by atoms with Gasteiger partial charge in [0.05, 0.1) is 5.39 Å². The number of thiophene rings is 1. The molecule has 0 fully saturated rings. The Labute approximate surface area is 118 Å². The fraction of sp³-hybridized carbons (Fsp3) is 0.571. The van der Waals surface area contributed by atoms with Crippen molar-refractivity contribution in [1.29, 1.82) is 0 Å². The lowest BCUT2D eigenvalue weighted by atomic mass is 10.2. The average molecular weight is 278 g/mol. The number of hydrogen-bond acceptors (Lipinski definition) is 5. The predicted octanol–water partition coefficient (Wildman–Crippen LogP) is 2.67. The Hall–Kier alpha value is -1.20. The van der Waals surface area contributed by atoms with E-state index in [1.165, 1.54) is 10.3 Å². The van der Waals surface area contributed by atoms with E-state index in [1.54, 1.807) is 17.7 Å². The van der Waals surface area contributed by atoms with Gasteiger partial charge in [0.25, 0.3) is 0 Å². The summed E-state index contributed by atoms with van der Waals surface area (Å²) in [6.07, 6.45) is 2.71. The van der Waals surface area contributed by atoms with E-state index in [-0.39, 0.29) is 0 Å². The lowest BCUT2D eigenvalue weighted by molar-refractivity contribution is 0.608. The Bertz CT molecular complexity index is 535. The van der Waals surface area contributed by atoms with Gasteiger partial charge in [-0.25, -0.2) is 9.97 Å². The minimum absolute atomic E-state index is 0.584. The van der Waals surface area contributed by atoms with Crippen LogP contribution in [0.1, 0.15) is 25.6 Å². The molecular formula is C14H22N4S. The Kier molecular flexibility index (Phi) is 4.71. The first kappa shape index (κ1) is 14.2. The molecule has 0 aliphatic heterocycles. The average Bonchev–Trinajstić information content (AvgIpc) is 2.80. The first-order valence-corrected chi connectivity index (χ1v) is 7.65. The molecule has 0 aliphatic carbocycles. The lowest BCUT2D eigenvalue weighted by Gasteiger charge is -2.25. The van der Waals surface area contributed by atoms with Crippen molar-refractivity contribution in [2.45, 2.75) is 27.2 Å². The highest BCUT2D eigenvalue weighted by Crippen LogP contribution is 2.30. The molecule has 19 heavy (non-hydrogen) atoms. The van der Waals surface area contributed by atoms with Crippen molar-refractivity contribution in [2.75, 3.05) is 24.5 Å². The highest BCUT2D eigenvalue weighted by Gasteiger charge is 2.15. The van der Waals surface area contributed by atoms with Gasteiger partial charge in [-0.3, -0.25) is 0 Å². The Morgan fingerprint density at radius 3 is 2.79 bits per heavy atom. The number of nitrogens with zero attached hydrogens (tertiary/aromatic N) is 3. The fourth-order valence-corrected chi connectivity index (χ4v) is 3.13. The number of aryl methyl sites for hydroxylation is 1. The normalized spacial score (nSPS) is 11.4. The third-order valence-electron chi connectivity index (χ3n) is 2.99. The summed E-state index contributed by atoms with van der Waals surface area (Å²) in [5, 5.41) is 1.17. The largest absolute Gasteiger partial charge is 0.354 e. The number of fused-ring (bicyclic) bond motifs is 1. The van der Waals surface area contributed by atoms with Crippen LogP contribution in [0.15, 0.2) is 12.4 Å². The second-order valence-electron chi connectivity index (χ2n) is 5.11. The number of rotatable bonds is 6. The van der Waals surface area contributed by atoms with E-state index in [9.17, 15) is 0 Å². The highest BCUT2D eigenvalue weighted by atomic mass is 32.1. The molecule has 4 nitrogen and oxygen atoms in total. The molecule has 5 heteroatoms. The van der Waals surface area contributed by atoms with Crippen LogP contribution < -0.4 is 10.6 Å². The zero-order valence-corrected chi connectivity index (χ0v) is 12.7. The van der Waals surface area contributed by atoms with Gasteiger partial charge >= 0.3 is 0 Å². The molecule has 0 saturated heterocycles. The van der Waals surface area contributed by atoms with E-state index in [0.29, 0.717) is 12.5 Å². The summed E-state index contributed by atoms with van der Waals surface area (Å²) in [5.74, 6) is 1.61. The van der Waals surface area contributed by atoms with Crippen LogP contribution in [-0.2, 0) is 6.42 Å². The minimum atomic E-state index is 0.584. The number of anilines is 1. The van der Waals surface area contributed by atoms with Crippen LogP contribution in [0, 0.1) is 5.92 Å². The fourth-order valence-electron chi connectivity index (χ4n) is 2.20. The van der Waals surface area contributed by atoms with Gasteiger partial charge in [0.15, 0.2) is 0 Å². The first-order valence-electron chi connectivity index (χ1n) is 6.84. The number of aromatic nitrogens is 2. The molecular weight excluding hydrogens is 256 g/mol. The van der Waals surface area contributed by atoms with Crippen molar-refractivity contribution in [3.63, 3.8) is 0 Å². The SMILES string of the molecule is CCc1cc2c(N(CCN)CC(C)C)ncnc2s1. The van der Waals surface area contributed by atoms with Crippen LogP contribution in [0.3, 0.4) is 0 Å². The van der Waals surface area contributed by atoms with Crippen molar-refractivity contribution in [2.24, 2.45) is 11.7 Å². The number of nitrogens with two attached hydrogens (primary N) is 1. The van der Waals surface area contributed by atoms with E-state index < -0.39 is 0 Å². The van der Waals surface area contributed by atoms with E-state index >= 15 is 0 Å². The Morgan fingerprint density at radius 1 is 1.37 bits per heavy atom. The zero-order chi connectivity index (χ0) is 13.8. The molecule has 2 rings (SSSR count). The molecule has 0 amide bonds. The van der Waals surface area contributed by atoms with Crippen LogP contribution >= 0.6 is 11.3 Å². The van der Waals surface area contributed by atoms with Gasteiger partial charge in [0.1, 0.15) is 17.0 Å². The molecule has 0 unspecified atom stereocenters. The molecule has 0 spiro atoms. The lowest BCUT2D eigenvalue weighted by Crippen LogP contribution is -2.33. The minimum Gasteiger partial charge on any atom is -0.354 e. The molecule has 0 bridgehead atoms. The molecule has 0 radical (unpaired) electrons. The number of hydrogen-bond donors (Lipinski definition) is 1. The summed E-state index contributed by atoms with van der Waals surface area (Å²) >= 11 is 1.76. The van der Waals surface area contributed by atoms with Crippen LogP contribution in [0.25, 0.3) is 10.2 Å². The second kappa shape index (κ2) is 6.30. The van der Waals surface area contributed by atoms with Crippen LogP contribution in [-0.4, -0.2) is 29.6 Å². The van der Waals surface area contributed by atoms with Crippen LogP contribution in [0.4, 0.5) is 5.82 Å². The third kappa shape index (κ3) is 3.22. The summed E-state index contributed by atoms with van der Waals surface area (Å²) in [6, 6.07) is 2.22. The quantitative estimate of drug-likeness (QED) is 0.882. The third-order valence-corrected chi connectivity index (χ3v) is 4.18. The van der Waals surface area contributed by atoms with Gasteiger partial charge in [0, 0.05) is 24.5 Å². The summed E-state index contributed by atoms with van der Waals surface area (Å²) < 4.78 is 0. The van der Waals surface area contributed by atoms with Gasteiger partial charge in [-0.05, 0) is 18.4 Å². The van der Waals surface area contributed by atoms with Crippen LogP contribution in [0.2, 0.25) is 0 Å². The molecule has 2 heterocycles. The molecule has 0 atom stereocenters. The van der Waals surface area contributed by atoms with E-state index in [0.717, 1.165) is 30.2 Å². The summed E-state index contributed by atoms with van der Waals surface area (Å²) in [5.41, 5.74) is 5.74. The smallest absolute Gasteiger partial charge is 0.140 e. The summed E-state index contributed by atoms with van der Waals surface area (Å²) in [4.78, 5) is 13.6. The van der Waals surface area contributed by atoms with Crippen LogP contribution in [0.5, 0.6) is 0 Å². The van der Waals surface area contributed by atoms with E-state index in [4.69, 9.17) is 5.73 Å². The molecule has 2 aromatic rings. The molecule has 0 saturated carbocycles. The maximum absolute atomic E-state index is 5.74. The van der Waals surface area contributed by atoms with Gasteiger partial charge in [-0.2, -0.15) is 0 Å². The van der Waals surface area contributed by atoms with Gasteiger partial charge in [-0.15, -0.1) is 11.3 Å². The topological polar surface area (TPSA) is 55.0 Å². The maximum atomic E-state index is 5.74. The highest BCUT2D eigenvalue weighted by molar-refractivity contribution is 7.18. The standard InChI is InChI=1S/C14H22N4S/c1-4-11-7-12-13(16-9-17-14(12)19-11)18(6-5-15)8-10(2)3/h7,9-10H,4-6,8,15H2,1-3H3. The van der Waals surface area contributed by atoms with Crippen molar-refractivity contribution < 1.29 is 0 Å². The molecule has 2 aromatic heterocycles. The zero-order valence-electron chi connectivity index (χ0n) is 11.9. The first-order chi connectivity index (χ1) is 9.15. The predicted molar refractivity (Wildman–Crippen MR) is 82.9 cm³/mol. The second-order valence-corrected chi connectivity index (χ2v) is 6.23. The van der Waals surface area contributed by atoms with Gasteiger partial charge in [-0.1, -0.05) is 20.8 Å².